The first kappa shape index (κ1) is 26.6. The van der Waals surface area contributed by atoms with Crippen LogP contribution in [0.1, 0.15) is 57.1 Å². The van der Waals surface area contributed by atoms with Crippen molar-refractivity contribution < 1.29 is 9.18 Å². The normalized spacial score (nSPS) is 23.1. The fraction of sp³-hybridized carbons (Fsp3) is 0.424. The van der Waals surface area contributed by atoms with Crippen molar-refractivity contribution in [2.45, 2.75) is 51.5 Å². The Bertz CT molecular complexity index is 1300. The summed E-state index contributed by atoms with van der Waals surface area (Å²) < 4.78 is 13.5. The zero-order chi connectivity index (χ0) is 27.5. The van der Waals surface area contributed by atoms with Crippen LogP contribution in [0.2, 0.25) is 0 Å². The number of rotatable bonds is 8. The van der Waals surface area contributed by atoms with Crippen LogP contribution in [-0.2, 0) is 0 Å². The van der Waals surface area contributed by atoms with Gasteiger partial charge < -0.3 is 21.0 Å². The van der Waals surface area contributed by atoms with Crippen LogP contribution < -0.4 is 21.1 Å². The molecular formula is C33H40FN5O. The van der Waals surface area contributed by atoms with Gasteiger partial charge in [0.15, 0.2) is 0 Å². The number of hydrazine groups is 1. The lowest BCUT2D eigenvalue weighted by atomic mass is 9.78. The SMILES string of the molecule is C[C@H]1C2=CNN(c3ccc(F)cc3)C2=CC2=C1[C@@H](CC(NC(=O)NCCN1CCCCC1)c1ccccc1)CC2. The van der Waals surface area contributed by atoms with Gasteiger partial charge in [0.1, 0.15) is 5.82 Å². The van der Waals surface area contributed by atoms with Crippen LogP contribution in [0.15, 0.2) is 89.3 Å². The van der Waals surface area contributed by atoms with Crippen molar-refractivity contribution in [3.63, 3.8) is 0 Å². The van der Waals surface area contributed by atoms with Gasteiger partial charge in [-0.25, -0.2) is 9.18 Å². The molecule has 0 aromatic heterocycles. The largest absolute Gasteiger partial charge is 0.337 e. The van der Waals surface area contributed by atoms with Crippen molar-refractivity contribution in [3.05, 3.63) is 101 Å². The molecule has 3 atom stereocenters. The highest BCUT2D eigenvalue weighted by molar-refractivity contribution is 5.74. The standard InChI is InChI=1S/C33H40FN5O/c1-23-29-22-36-39(28-14-12-27(34)13-15-28)31(29)21-26-11-10-25(32(23)26)20-30(24-8-4-2-5-9-24)37-33(40)35-16-19-38-17-6-3-7-18-38/h2,4-5,8-9,12-15,21-23,25,30,36H,3,6-7,10-11,16-20H2,1H3,(H2,35,37,40)/t23-,25+,30?/m0/s1. The molecule has 1 saturated heterocycles. The maximum absolute atomic E-state index is 13.5. The number of anilines is 1. The number of benzene rings is 2. The molecule has 2 aromatic rings. The number of likely N-dealkylation sites (tertiary alicyclic amines) is 1. The van der Waals surface area contributed by atoms with Crippen molar-refractivity contribution in [2.75, 3.05) is 31.2 Å². The van der Waals surface area contributed by atoms with E-state index < -0.39 is 0 Å². The number of hydrogen-bond acceptors (Lipinski definition) is 4. The number of amides is 2. The molecule has 0 saturated carbocycles. The van der Waals surface area contributed by atoms with E-state index in [0.717, 1.165) is 55.8 Å². The van der Waals surface area contributed by atoms with Gasteiger partial charge in [0.2, 0.25) is 0 Å². The highest BCUT2D eigenvalue weighted by Gasteiger charge is 2.39. The molecule has 210 valence electrons. The number of allylic oxidation sites excluding steroid dienone is 4. The number of nitrogens with zero attached hydrogens (tertiary/aromatic N) is 2. The summed E-state index contributed by atoms with van der Waals surface area (Å²) in [6.07, 6.45) is 11.2. The second kappa shape index (κ2) is 11.9. The van der Waals surface area contributed by atoms with Crippen LogP contribution in [0.3, 0.4) is 0 Å². The molecular weight excluding hydrogens is 501 g/mol. The molecule has 40 heavy (non-hydrogen) atoms. The fourth-order valence-corrected chi connectivity index (χ4v) is 6.93. The summed E-state index contributed by atoms with van der Waals surface area (Å²) in [5, 5.41) is 8.48. The zero-order valence-corrected chi connectivity index (χ0v) is 23.3. The number of carbonyl (C=O) groups excluding carboxylic acids is 1. The second-order valence-corrected chi connectivity index (χ2v) is 11.5. The van der Waals surface area contributed by atoms with Gasteiger partial charge in [0, 0.05) is 30.8 Å². The van der Waals surface area contributed by atoms with Gasteiger partial charge in [0.25, 0.3) is 0 Å². The second-order valence-electron chi connectivity index (χ2n) is 11.5. The lowest BCUT2D eigenvalue weighted by molar-refractivity contribution is 0.218. The van der Waals surface area contributed by atoms with Crippen molar-refractivity contribution in [3.8, 4) is 0 Å². The third-order valence-electron chi connectivity index (χ3n) is 8.98. The van der Waals surface area contributed by atoms with Gasteiger partial charge in [-0.1, -0.05) is 49.2 Å². The molecule has 4 aliphatic rings. The topological polar surface area (TPSA) is 59.6 Å². The minimum Gasteiger partial charge on any atom is -0.337 e. The molecule has 1 fully saturated rings. The number of fused-ring (bicyclic) bond motifs is 1. The highest BCUT2D eigenvalue weighted by Crippen LogP contribution is 2.49. The van der Waals surface area contributed by atoms with E-state index in [1.807, 2.05) is 11.1 Å². The Morgan fingerprint density at radius 1 is 1.07 bits per heavy atom. The smallest absolute Gasteiger partial charge is 0.315 e. The number of nitrogens with one attached hydrogen (secondary N) is 3. The van der Waals surface area contributed by atoms with E-state index >= 15 is 0 Å². The summed E-state index contributed by atoms with van der Waals surface area (Å²) in [6.45, 7) is 6.14. The predicted octanol–water partition coefficient (Wildman–Crippen LogP) is 6.19. The first-order chi connectivity index (χ1) is 19.6. The third kappa shape index (κ3) is 5.66. The van der Waals surface area contributed by atoms with Crippen molar-refractivity contribution >= 4 is 11.7 Å². The molecule has 2 aliphatic carbocycles. The fourth-order valence-electron chi connectivity index (χ4n) is 6.93. The molecule has 0 spiro atoms. The molecule has 2 amide bonds. The van der Waals surface area contributed by atoms with Crippen LogP contribution in [0.5, 0.6) is 0 Å². The van der Waals surface area contributed by atoms with Gasteiger partial charge in [-0.3, -0.25) is 5.01 Å². The number of carbonyl (C=O) groups is 1. The molecule has 0 bridgehead atoms. The van der Waals surface area contributed by atoms with Gasteiger partial charge in [-0.05, 0) is 92.6 Å². The summed E-state index contributed by atoms with van der Waals surface area (Å²) in [6, 6.07) is 16.8. The first-order valence-electron chi connectivity index (χ1n) is 14.9. The van der Waals surface area contributed by atoms with Crippen LogP contribution in [0.25, 0.3) is 0 Å². The van der Waals surface area contributed by atoms with Crippen LogP contribution >= 0.6 is 0 Å². The number of hydrogen-bond donors (Lipinski definition) is 3. The monoisotopic (exact) mass is 541 g/mol. The summed E-state index contributed by atoms with van der Waals surface area (Å²) >= 11 is 0. The average molecular weight is 542 g/mol. The molecule has 6 rings (SSSR count). The Kier molecular flexibility index (Phi) is 7.91. The van der Waals surface area contributed by atoms with E-state index in [1.165, 1.54) is 48.1 Å². The van der Waals surface area contributed by atoms with Gasteiger partial charge in [-0.2, -0.15) is 0 Å². The average Bonchev–Trinajstić information content (AvgIpc) is 3.59. The summed E-state index contributed by atoms with van der Waals surface area (Å²) in [4.78, 5) is 15.5. The molecule has 2 aliphatic heterocycles. The van der Waals surface area contributed by atoms with Crippen molar-refractivity contribution in [1.29, 1.82) is 0 Å². The quantitative estimate of drug-likeness (QED) is 0.373. The van der Waals surface area contributed by atoms with Gasteiger partial charge in [-0.15, -0.1) is 0 Å². The minimum atomic E-state index is -0.233. The maximum atomic E-state index is 13.5. The van der Waals surface area contributed by atoms with E-state index in [0.29, 0.717) is 12.5 Å². The number of piperidine rings is 1. The maximum Gasteiger partial charge on any atom is 0.315 e. The lowest BCUT2D eigenvalue weighted by Crippen LogP contribution is -2.43. The third-order valence-corrected chi connectivity index (χ3v) is 8.98. The Hall–Kier alpha value is -3.58. The van der Waals surface area contributed by atoms with E-state index in [-0.39, 0.29) is 23.8 Å². The lowest BCUT2D eigenvalue weighted by Gasteiger charge is -2.31. The van der Waals surface area contributed by atoms with Gasteiger partial charge >= 0.3 is 6.03 Å². The molecule has 6 nitrogen and oxygen atoms in total. The van der Waals surface area contributed by atoms with E-state index in [2.05, 4.69) is 64.4 Å². The van der Waals surface area contributed by atoms with Crippen LogP contribution in [-0.4, -0.2) is 37.1 Å². The summed E-state index contributed by atoms with van der Waals surface area (Å²) in [7, 11) is 0. The first-order valence-corrected chi connectivity index (χ1v) is 14.9. The van der Waals surface area contributed by atoms with E-state index in [9.17, 15) is 9.18 Å². The van der Waals surface area contributed by atoms with E-state index in [1.54, 1.807) is 12.1 Å². The molecule has 2 aromatic carbocycles. The van der Waals surface area contributed by atoms with Crippen LogP contribution in [0.4, 0.5) is 14.9 Å². The van der Waals surface area contributed by atoms with Crippen molar-refractivity contribution in [2.24, 2.45) is 11.8 Å². The van der Waals surface area contributed by atoms with Crippen LogP contribution in [0, 0.1) is 17.7 Å². The summed E-state index contributed by atoms with van der Waals surface area (Å²) in [5.41, 5.74) is 10.8. The number of urea groups is 1. The van der Waals surface area contributed by atoms with E-state index in [4.69, 9.17) is 0 Å². The highest BCUT2D eigenvalue weighted by atomic mass is 19.1. The minimum absolute atomic E-state index is 0.0583. The zero-order valence-electron chi connectivity index (χ0n) is 23.3. The molecule has 1 unspecified atom stereocenters. The Balaban J connectivity index is 1.16. The Morgan fingerprint density at radius 3 is 2.62 bits per heavy atom. The Labute approximate surface area is 237 Å². The number of halogens is 1. The van der Waals surface area contributed by atoms with Crippen molar-refractivity contribution in [1.82, 2.24) is 21.0 Å². The molecule has 0 radical (unpaired) electrons. The Morgan fingerprint density at radius 2 is 1.85 bits per heavy atom. The molecule has 7 heteroatoms. The van der Waals surface area contributed by atoms with Gasteiger partial charge in [0.05, 0.1) is 17.4 Å². The summed E-state index contributed by atoms with van der Waals surface area (Å²) in [5.74, 6) is 0.431. The predicted molar refractivity (Wildman–Crippen MR) is 158 cm³/mol. The molecule has 3 N–H and O–H groups in total. The molecule has 2 heterocycles.